The van der Waals surface area contributed by atoms with Crippen LogP contribution >= 0.6 is 0 Å². The van der Waals surface area contributed by atoms with Crippen LogP contribution in [0.25, 0.3) is 0 Å². The number of hydrogen-bond acceptors (Lipinski definition) is 14. The highest BCUT2D eigenvalue weighted by atomic mass is 16.5. The van der Waals surface area contributed by atoms with Crippen LogP contribution in [0, 0.1) is 11.8 Å². The Labute approximate surface area is 201 Å². The van der Waals surface area contributed by atoms with Crippen LogP contribution in [-0.2, 0) is 9.53 Å². The Balaban J connectivity index is 2.31. The van der Waals surface area contributed by atoms with Crippen molar-refractivity contribution in [2.75, 3.05) is 26.4 Å². The maximum absolute atomic E-state index is 11.0. The molecule has 204 valence electrons. The van der Waals surface area contributed by atoms with E-state index in [1.807, 2.05) is 0 Å². The van der Waals surface area contributed by atoms with Crippen LogP contribution in [0.5, 0.6) is 0 Å². The molecular formula is C21H37NO13. The van der Waals surface area contributed by atoms with E-state index < -0.39 is 105 Å². The van der Waals surface area contributed by atoms with Gasteiger partial charge in [0.25, 0.3) is 0 Å². The van der Waals surface area contributed by atoms with Crippen molar-refractivity contribution in [3.63, 3.8) is 0 Å². The molecule has 0 aromatic rings. The molecule has 14 heteroatoms. The lowest BCUT2D eigenvalue weighted by atomic mass is 9.72. The average Bonchev–Trinajstić information content (AvgIpc) is 2.86. The topological polar surface area (TPSA) is 261 Å². The van der Waals surface area contributed by atoms with Crippen molar-refractivity contribution in [3.8, 4) is 0 Å². The standard InChI is InChI=1S/C21H37NO13/c23-3-8-1-11(22-16(12(28)5-25)18(31)13(29)6-26)10(4-24)17(30)9(8)2-14-19(32)21(34)20(33)15(7-27)35-14/h1,6,9-25,27-34H,2-5,7H2/t9?,10-,11?,12+,13?,14?,15+,16?,17?,18?,19?,20?,21+/m0/s1. The number of aldehydes is 1. The molecular weight excluding hydrogens is 474 g/mol. The van der Waals surface area contributed by atoms with E-state index in [0.29, 0.717) is 0 Å². The SMILES string of the molecule is O=CC(O)C(O)C(NC1C=C(CO)C(CC2O[C@H](CO)C(O)[C@H](O)C2O)C(O)[C@H]1CO)[C@H](O)CO. The van der Waals surface area contributed by atoms with Crippen LogP contribution < -0.4 is 5.32 Å². The zero-order chi connectivity index (χ0) is 26.4. The first-order valence-electron chi connectivity index (χ1n) is 11.3. The summed E-state index contributed by atoms with van der Waals surface area (Å²) in [5.41, 5.74) is 0.208. The smallest absolute Gasteiger partial charge is 0.151 e. The predicted molar refractivity (Wildman–Crippen MR) is 116 cm³/mol. The van der Waals surface area contributed by atoms with Crippen molar-refractivity contribution >= 4 is 6.29 Å². The fourth-order valence-corrected chi connectivity index (χ4v) is 4.75. The summed E-state index contributed by atoms with van der Waals surface area (Å²) in [4.78, 5) is 10.9. The van der Waals surface area contributed by atoms with E-state index in [9.17, 15) is 61.0 Å². The quantitative estimate of drug-likeness (QED) is 0.0858. The van der Waals surface area contributed by atoms with Crippen LogP contribution in [-0.4, -0.2) is 156 Å². The third kappa shape index (κ3) is 6.61. The van der Waals surface area contributed by atoms with E-state index in [4.69, 9.17) is 4.74 Å². The number of aliphatic hydroxyl groups is 11. The first-order valence-corrected chi connectivity index (χ1v) is 11.3. The van der Waals surface area contributed by atoms with Gasteiger partial charge in [0.2, 0.25) is 0 Å². The van der Waals surface area contributed by atoms with Crippen molar-refractivity contribution in [1.82, 2.24) is 5.32 Å². The molecule has 14 nitrogen and oxygen atoms in total. The second-order valence-corrected chi connectivity index (χ2v) is 9.03. The summed E-state index contributed by atoms with van der Waals surface area (Å²) < 4.78 is 5.49. The Morgan fingerprint density at radius 3 is 2.06 bits per heavy atom. The highest BCUT2D eigenvalue weighted by molar-refractivity contribution is 5.56. The third-order valence-corrected chi connectivity index (χ3v) is 6.90. The number of ether oxygens (including phenoxy) is 1. The maximum Gasteiger partial charge on any atom is 0.151 e. The van der Waals surface area contributed by atoms with Gasteiger partial charge in [0.05, 0.1) is 50.8 Å². The van der Waals surface area contributed by atoms with Gasteiger partial charge in [-0.1, -0.05) is 6.08 Å². The fourth-order valence-electron chi connectivity index (χ4n) is 4.75. The van der Waals surface area contributed by atoms with Crippen molar-refractivity contribution in [2.24, 2.45) is 11.8 Å². The van der Waals surface area contributed by atoms with Crippen LogP contribution in [0.4, 0.5) is 0 Å². The zero-order valence-electron chi connectivity index (χ0n) is 18.9. The lowest BCUT2D eigenvalue weighted by molar-refractivity contribution is -0.234. The highest BCUT2D eigenvalue weighted by Gasteiger charge is 2.47. The molecule has 0 aromatic heterocycles. The summed E-state index contributed by atoms with van der Waals surface area (Å²) >= 11 is 0. The normalized spacial score (nSPS) is 39.4. The van der Waals surface area contributed by atoms with Crippen LogP contribution in [0.1, 0.15) is 6.42 Å². The lowest BCUT2D eigenvalue weighted by Gasteiger charge is -2.45. The first kappa shape index (κ1) is 30.1. The Bertz CT molecular complexity index is 694. The van der Waals surface area contributed by atoms with Crippen LogP contribution in [0.3, 0.4) is 0 Å². The summed E-state index contributed by atoms with van der Waals surface area (Å²) in [6.07, 6.45) is -12.6. The predicted octanol–water partition coefficient (Wildman–Crippen LogP) is -6.66. The molecule has 0 saturated carbocycles. The second kappa shape index (κ2) is 13.4. The molecule has 0 spiro atoms. The molecule has 2 aliphatic rings. The van der Waals surface area contributed by atoms with Gasteiger partial charge in [0, 0.05) is 17.9 Å². The number of rotatable bonds is 12. The first-order chi connectivity index (χ1) is 16.6. The molecule has 0 bridgehead atoms. The van der Waals surface area contributed by atoms with Crippen molar-refractivity contribution in [3.05, 3.63) is 11.6 Å². The summed E-state index contributed by atoms with van der Waals surface area (Å²) in [6, 6.07) is -2.48. The lowest BCUT2D eigenvalue weighted by Crippen LogP contribution is -2.62. The maximum atomic E-state index is 11.0. The van der Waals surface area contributed by atoms with Crippen molar-refractivity contribution < 1.29 is 65.7 Å². The Hall–Kier alpha value is -1.11. The number of carbonyl (C=O) groups is 1. The van der Waals surface area contributed by atoms with Crippen LogP contribution in [0.15, 0.2) is 11.6 Å². The molecule has 1 aliphatic carbocycles. The minimum Gasteiger partial charge on any atom is -0.396 e. The molecule has 2 rings (SSSR count). The molecule has 1 heterocycles. The van der Waals surface area contributed by atoms with Gasteiger partial charge in [0.1, 0.15) is 36.6 Å². The summed E-state index contributed by atoms with van der Waals surface area (Å²) in [7, 11) is 0. The summed E-state index contributed by atoms with van der Waals surface area (Å²) in [5.74, 6) is -1.93. The highest BCUT2D eigenvalue weighted by Crippen LogP contribution is 2.36. The number of hydrogen-bond donors (Lipinski definition) is 12. The molecule has 9 unspecified atom stereocenters. The van der Waals surface area contributed by atoms with E-state index in [1.165, 1.54) is 6.08 Å². The number of nitrogens with one attached hydrogen (secondary N) is 1. The molecule has 1 fully saturated rings. The van der Waals surface area contributed by atoms with E-state index in [0.717, 1.165) is 0 Å². The average molecular weight is 512 g/mol. The van der Waals surface area contributed by atoms with Gasteiger partial charge in [-0.3, -0.25) is 0 Å². The van der Waals surface area contributed by atoms with Gasteiger partial charge >= 0.3 is 0 Å². The van der Waals surface area contributed by atoms with E-state index in [2.05, 4.69) is 5.32 Å². The summed E-state index contributed by atoms with van der Waals surface area (Å²) in [6.45, 7) is -2.72. The molecule has 35 heavy (non-hydrogen) atoms. The van der Waals surface area contributed by atoms with Crippen molar-refractivity contribution in [2.45, 2.75) is 73.4 Å². The van der Waals surface area contributed by atoms with Crippen LogP contribution in [0.2, 0.25) is 0 Å². The molecule has 0 amide bonds. The fraction of sp³-hybridized carbons (Fsp3) is 0.857. The third-order valence-electron chi connectivity index (χ3n) is 6.90. The molecule has 0 aromatic carbocycles. The molecule has 0 radical (unpaired) electrons. The van der Waals surface area contributed by atoms with Gasteiger partial charge in [-0.25, -0.2) is 0 Å². The molecule has 1 saturated heterocycles. The molecule has 1 aliphatic heterocycles. The van der Waals surface area contributed by atoms with Gasteiger partial charge in [-0.2, -0.15) is 0 Å². The minimum absolute atomic E-state index is 0.0359. The van der Waals surface area contributed by atoms with Crippen molar-refractivity contribution in [1.29, 1.82) is 0 Å². The van der Waals surface area contributed by atoms with Gasteiger partial charge in [-0.15, -0.1) is 0 Å². The largest absolute Gasteiger partial charge is 0.396 e. The number of carbonyl (C=O) groups excluding carboxylic acids is 1. The second-order valence-electron chi connectivity index (χ2n) is 9.03. The van der Waals surface area contributed by atoms with Gasteiger partial charge in [0.15, 0.2) is 6.29 Å². The monoisotopic (exact) mass is 511 g/mol. The minimum atomic E-state index is -1.91. The van der Waals surface area contributed by atoms with E-state index in [-0.39, 0.29) is 18.3 Å². The Morgan fingerprint density at radius 2 is 1.54 bits per heavy atom. The summed E-state index contributed by atoms with van der Waals surface area (Å²) in [5, 5.41) is 113. The van der Waals surface area contributed by atoms with E-state index in [1.54, 1.807) is 0 Å². The molecule has 13 atom stereocenters. The Kier molecular flexibility index (Phi) is 11.6. The van der Waals surface area contributed by atoms with Gasteiger partial charge < -0.3 is 71.0 Å². The Morgan fingerprint density at radius 1 is 0.914 bits per heavy atom. The zero-order valence-corrected chi connectivity index (χ0v) is 18.9. The van der Waals surface area contributed by atoms with E-state index >= 15 is 0 Å². The van der Waals surface area contributed by atoms with Gasteiger partial charge in [-0.05, 0) is 12.0 Å². The number of aliphatic hydroxyl groups excluding tert-OH is 11. The molecule has 12 N–H and O–H groups in total.